The van der Waals surface area contributed by atoms with E-state index in [0.717, 1.165) is 22.7 Å². The van der Waals surface area contributed by atoms with Gasteiger partial charge in [-0.1, -0.05) is 0 Å². The summed E-state index contributed by atoms with van der Waals surface area (Å²) in [4.78, 5) is 87.8. The molecule has 2 aromatic rings. The molecular weight excluding hydrogens is 640 g/mol. The van der Waals surface area contributed by atoms with Gasteiger partial charge in [0.25, 0.3) is 0 Å². The van der Waals surface area contributed by atoms with E-state index in [4.69, 9.17) is 18.9 Å². The van der Waals surface area contributed by atoms with Crippen molar-refractivity contribution in [2.24, 2.45) is 0 Å². The molecule has 2 aromatic heterocycles. The fourth-order valence-electron chi connectivity index (χ4n) is 4.72. The molecule has 0 unspecified atom stereocenters. The highest BCUT2D eigenvalue weighted by atomic mass is 32.1. The van der Waals surface area contributed by atoms with Gasteiger partial charge in [0.1, 0.15) is 23.3 Å². The molecule has 14 nitrogen and oxygen atoms in total. The van der Waals surface area contributed by atoms with Crippen molar-refractivity contribution >= 4 is 58.4 Å². The molecule has 46 heavy (non-hydrogen) atoms. The second-order valence-corrected chi connectivity index (χ2v) is 14.8. The van der Waals surface area contributed by atoms with Crippen molar-refractivity contribution in [3.05, 3.63) is 22.4 Å². The Labute approximate surface area is 274 Å². The van der Waals surface area contributed by atoms with Gasteiger partial charge in [-0.15, -0.1) is 22.7 Å². The molecule has 2 saturated heterocycles. The van der Waals surface area contributed by atoms with Crippen LogP contribution in [0.3, 0.4) is 0 Å². The van der Waals surface area contributed by atoms with Crippen LogP contribution in [-0.4, -0.2) is 105 Å². The van der Waals surface area contributed by atoms with Crippen LogP contribution in [-0.2, 0) is 28.5 Å². The molecule has 2 amide bonds. The maximum Gasteiger partial charge on any atom is 0.411 e. The molecule has 0 spiro atoms. The Balaban J connectivity index is 1.27. The zero-order valence-electron chi connectivity index (χ0n) is 26.7. The molecule has 2 fully saturated rings. The average Bonchev–Trinajstić information content (AvgIpc) is 3.78. The standard InChI is InChI=1S/C30H38N4O10S2/c1-29(2,3)43-27(39)33-11-7-9-17(33)25(37)41-15-19(35)23-31-13-21(45-23)22-14-32-24(46-22)20(36)16-42-26(38)18-10-8-12-34(18)28(40)44-30(4,5)6/h13-14,17-18H,7-12,15-16H2,1-6H3/t17-,18-/m0/s1. The highest BCUT2D eigenvalue weighted by molar-refractivity contribution is 7.23. The van der Waals surface area contributed by atoms with Gasteiger partial charge in [0.15, 0.2) is 23.2 Å². The number of Topliss-reactive ketones (excluding diaryl/α,β-unsaturated/α-hetero) is 2. The summed E-state index contributed by atoms with van der Waals surface area (Å²) >= 11 is 2.09. The molecule has 16 heteroatoms. The van der Waals surface area contributed by atoms with Crippen LogP contribution in [0.25, 0.3) is 9.75 Å². The van der Waals surface area contributed by atoms with Crippen molar-refractivity contribution in [1.82, 2.24) is 19.8 Å². The normalized spacial score (nSPS) is 18.3. The lowest BCUT2D eigenvalue weighted by atomic mass is 10.2. The Morgan fingerprint density at radius 1 is 0.696 bits per heavy atom. The summed E-state index contributed by atoms with van der Waals surface area (Å²) in [6, 6.07) is -1.66. The lowest BCUT2D eigenvalue weighted by molar-refractivity contribution is -0.148. The molecule has 0 bridgehead atoms. The van der Waals surface area contributed by atoms with E-state index in [9.17, 15) is 28.8 Å². The third-order valence-corrected chi connectivity index (χ3v) is 9.00. The van der Waals surface area contributed by atoms with Crippen LogP contribution in [0.15, 0.2) is 12.4 Å². The maximum atomic E-state index is 12.7. The van der Waals surface area contributed by atoms with Crippen LogP contribution in [0.2, 0.25) is 0 Å². The van der Waals surface area contributed by atoms with Crippen molar-refractivity contribution in [3.63, 3.8) is 0 Å². The topological polar surface area (TPSA) is 172 Å². The summed E-state index contributed by atoms with van der Waals surface area (Å²) < 4.78 is 21.2. The van der Waals surface area contributed by atoms with Gasteiger partial charge in [0, 0.05) is 25.5 Å². The summed E-state index contributed by atoms with van der Waals surface area (Å²) in [5.41, 5.74) is -1.43. The Hall–Kier alpha value is -3.92. The third kappa shape index (κ3) is 9.09. The van der Waals surface area contributed by atoms with Crippen LogP contribution < -0.4 is 0 Å². The van der Waals surface area contributed by atoms with E-state index < -0.39 is 72.2 Å². The first-order chi connectivity index (χ1) is 21.5. The first-order valence-electron chi connectivity index (χ1n) is 14.8. The predicted molar refractivity (Wildman–Crippen MR) is 166 cm³/mol. The fourth-order valence-corrected chi connectivity index (χ4v) is 6.47. The Morgan fingerprint density at radius 3 is 1.41 bits per heavy atom. The van der Waals surface area contributed by atoms with E-state index in [-0.39, 0.29) is 10.0 Å². The molecule has 0 radical (unpaired) electrons. The molecule has 4 rings (SSSR count). The molecule has 0 aromatic carbocycles. The van der Waals surface area contributed by atoms with Gasteiger partial charge in [-0.25, -0.2) is 29.1 Å². The number of rotatable bonds is 9. The SMILES string of the molecule is CC(C)(C)OC(=O)N1CCC[C@H]1C(=O)OCC(=O)c1ncc(-c2cnc(C(=O)COC(=O)[C@@H]3CCCN3C(=O)OC(C)(C)C)s2)s1. The minimum atomic E-state index is -0.830. The summed E-state index contributed by atoms with van der Waals surface area (Å²) in [7, 11) is 0. The van der Waals surface area contributed by atoms with Crippen LogP contribution in [0.4, 0.5) is 9.59 Å². The van der Waals surface area contributed by atoms with E-state index in [1.54, 1.807) is 41.5 Å². The summed E-state index contributed by atoms with van der Waals surface area (Å²) in [5.74, 6) is -2.42. The largest absolute Gasteiger partial charge is 0.456 e. The van der Waals surface area contributed by atoms with Crippen LogP contribution in [0.1, 0.15) is 86.8 Å². The summed E-state index contributed by atoms with van der Waals surface area (Å²) in [5, 5.41) is 0.194. The van der Waals surface area contributed by atoms with Gasteiger partial charge in [-0.2, -0.15) is 0 Å². The molecule has 4 heterocycles. The van der Waals surface area contributed by atoms with Crippen LogP contribution in [0, 0.1) is 0 Å². The molecular formula is C30H38N4O10S2. The first kappa shape index (κ1) is 34.9. The van der Waals surface area contributed by atoms with Gasteiger partial charge in [0.2, 0.25) is 11.6 Å². The third-order valence-electron chi connectivity index (χ3n) is 6.73. The zero-order chi connectivity index (χ0) is 33.8. The second kappa shape index (κ2) is 14.2. The molecule has 2 aliphatic rings. The van der Waals surface area contributed by atoms with Gasteiger partial charge in [-0.05, 0) is 67.2 Å². The number of ketones is 2. The van der Waals surface area contributed by atoms with Crippen molar-refractivity contribution < 1.29 is 47.7 Å². The molecule has 0 N–H and O–H groups in total. The number of hydrogen-bond donors (Lipinski definition) is 0. The van der Waals surface area contributed by atoms with Crippen molar-refractivity contribution in [1.29, 1.82) is 0 Å². The van der Waals surface area contributed by atoms with E-state index in [2.05, 4.69) is 9.97 Å². The molecule has 250 valence electrons. The number of hydrogen-bond acceptors (Lipinski definition) is 14. The number of likely N-dealkylation sites (tertiary alicyclic amines) is 2. The number of carbonyl (C=O) groups excluding carboxylic acids is 6. The lowest BCUT2D eigenvalue weighted by Gasteiger charge is -2.27. The Kier molecular flexibility index (Phi) is 10.8. The number of nitrogens with zero attached hydrogens (tertiary/aromatic N) is 4. The highest BCUT2D eigenvalue weighted by Crippen LogP contribution is 2.32. The van der Waals surface area contributed by atoms with Crippen molar-refractivity contribution in [2.75, 3.05) is 26.3 Å². The average molecular weight is 679 g/mol. The van der Waals surface area contributed by atoms with Gasteiger partial charge < -0.3 is 18.9 Å². The number of esters is 2. The number of amides is 2. The van der Waals surface area contributed by atoms with E-state index >= 15 is 0 Å². The first-order valence-corrected chi connectivity index (χ1v) is 16.5. The van der Waals surface area contributed by atoms with Gasteiger partial charge in [0.05, 0.1) is 9.75 Å². The minimum Gasteiger partial charge on any atom is -0.456 e. The van der Waals surface area contributed by atoms with E-state index in [0.29, 0.717) is 48.5 Å². The lowest BCUT2D eigenvalue weighted by Crippen LogP contribution is -2.44. The summed E-state index contributed by atoms with van der Waals surface area (Å²) in [6.45, 7) is 10.0. The molecule has 0 aliphatic carbocycles. The molecule has 2 aliphatic heterocycles. The zero-order valence-corrected chi connectivity index (χ0v) is 28.3. The van der Waals surface area contributed by atoms with Gasteiger partial charge in [-0.3, -0.25) is 19.4 Å². The molecule has 0 saturated carbocycles. The number of thiazole rings is 2. The second-order valence-electron chi connectivity index (χ2n) is 12.8. The molecule has 2 atom stereocenters. The Morgan fingerprint density at radius 2 is 1.07 bits per heavy atom. The number of ether oxygens (including phenoxy) is 4. The fraction of sp³-hybridized carbons (Fsp3) is 0.600. The maximum absolute atomic E-state index is 12.7. The monoisotopic (exact) mass is 678 g/mol. The summed E-state index contributed by atoms with van der Waals surface area (Å²) in [6.07, 6.45) is 3.72. The van der Waals surface area contributed by atoms with E-state index in [1.807, 2.05) is 0 Å². The van der Waals surface area contributed by atoms with Crippen molar-refractivity contribution in [3.8, 4) is 9.75 Å². The van der Waals surface area contributed by atoms with Crippen LogP contribution >= 0.6 is 22.7 Å². The van der Waals surface area contributed by atoms with Crippen LogP contribution in [0.5, 0.6) is 0 Å². The minimum absolute atomic E-state index is 0.0968. The smallest absolute Gasteiger partial charge is 0.411 e. The number of carbonyl (C=O) groups is 6. The van der Waals surface area contributed by atoms with Crippen molar-refractivity contribution in [2.45, 2.75) is 90.5 Å². The van der Waals surface area contributed by atoms with E-state index in [1.165, 1.54) is 22.2 Å². The highest BCUT2D eigenvalue weighted by Gasteiger charge is 2.39. The quantitative estimate of drug-likeness (QED) is 0.207. The number of aromatic nitrogens is 2. The van der Waals surface area contributed by atoms with Gasteiger partial charge >= 0.3 is 24.1 Å². The predicted octanol–water partition coefficient (Wildman–Crippen LogP) is 4.52. The Bertz CT molecular complexity index is 1380.